The number of esters is 3. The fourth-order valence-electron chi connectivity index (χ4n) is 9.06. The maximum atomic E-state index is 12.9. The summed E-state index contributed by atoms with van der Waals surface area (Å²) >= 11 is 0. The van der Waals surface area contributed by atoms with Crippen molar-refractivity contribution < 1.29 is 28.6 Å². The van der Waals surface area contributed by atoms with E-state index in [2.05, 4.69) is 106 Å². The van der Waals surface area contributed by atoms with Crippen LogP contribution in [0.4, 0.5) is 0 Å². The molecule has 0 bridgehead atoms. The summed E-state index contributed by atoms with van der Waals surface area (Å²) in [7, 11) is 0. The van der Waals surface area contributed by atoms with Gasteiger partial charge in [-0.2, -0.15) is 0 Å². The minimum Gasteiger partial charge on any atom is -0.462 e. The normalized spacial score (nSPS) is 12.6. The Morgan fingerprint density at radius 3 is 0.880 bits per heavy atom. The second-order valence-corrected chi connectivity index (χ2v) is 21.3. The minimum atomic E-state index is -0.803. The van der Waals surface area contributed by atoms with E-state index < -0.39 is 6.10 Å². The summed E-state index contributed by atoms with van der Waals surface area (Å²) in [6, 6.07) is 0. The molecule has 1 atom stereocenters. The first-order valence-electron chi connectivity index (χ1n) is 32.1. The number of carbonyl (C=O) groups excluding carboxylic acids is 3. The van der Waals surface area contributed by atoms with Crippen LogP contribution in [0.1, 0.15) is 316 Å². The summed E-state index contributed by atoms with van der Waals surface area (Å²) in [6.45, 7) is 6.51. The zero-order valence-corrected chi connectivity index (χ0v) is 49.6. The molecule has 0 rings (SSSR count). The molecule has 0 radical (unpaired) electrons. The Bertz CT molecular complexity index is 1430. The number of allylic oxidation sites excluding steroid dienone is 14. The van der Waals surface area contributed by atoms with Gasteiger partial charge in [-0.25, -0.2) is 0 Å². The molecule has 432 valence electrons. The highest BCUT2D eigenvalue weighted by atomic mass is 16.6. The number of hydrogen-bond donors (Lipinski definition) is 0. The van der Waals surface area contributed by atoms with Crippen LogP contribution in [0.15, 0.2) is 85.1 Å². The average molecular weight is 1050 g/mol. The standard InChI is InChI=1S/C69H120O6/c1-4-7-10-13-16-19-22-25-28-31-33-34-36-38-41-44-47-50-53-56-59-62-68(71)74-65-66(64-73-67(70)61-58-55-52-49-46-43-40-37-30-27-24-21-18-15-12-9-6-3)75-69(72)63-60-57-54-51-48-45-42-39-35-32-29-26-23-20-17-14-11-8-5-2/h9,12,18,21,26-27,29-31,33,40,43,49,52,66H,4-8,10-11,13-17,19-20,22-25,28,32,34-39,41-42,44-48,50-51,53-65H2,1-3H3/b12-9-,21-18-,29-26-,30-27-,33-31-,43-40-,52-49-. The molecule has 0 aromatic carbocycles. The number of carbonyl (C=O) groups is 3. The Hall–Kier alpha value is -3.41. The zero-order valence-electron chi connectivity index (χ0n) is 49.6. The topological polar surface area (TPSA) is 78.9 Å². The van der Waals surface area contributed by atoms with Crippen molar-refractivity contribution in [3.63, 3.8) is 0 Å². The lowest BCUT2D eigenvalue weighted by atomic mass is 10.1. The maximum Gasteiger partial charge on any atom is 0.306 e. The smallest absolute Gasteiger partial charge is 0.306 e. The Morgan fingerprint density at radius 2 is 0.533 bits per heavy atom. The van der Waals surface area contributed by atoms with E-state index in [1.165, 1.54) is 193 Å². The van der Waals surface area contributed by atoms with Gasteiger partial charge < -0.3 is 14.2 Å². The molecule has 0 saturated carbocycles. The molecule has 0 aromatic rings. The lowest BCUT2D eigenvalue weighted by molar-refractivity contribution is -0.167. The van der Waals surface area contributed by atoms with Crippen molar-refractivity contribution in [2.45, 2.75) is 322 Å². The van der Waals surface area contributed by atoms with Gasteiger partial charge in [0.25, 0.3) is 0 Å². The molecule has 6 nitrogen and oxygen atoms in total. The Labute approximate surface area is 465 Å². The summed E-state index contributed by atoms with van der Waals surface area (Å²) in [5.74, 6) is -0.947. The molecule has 0 aromatic heterocycles. The predicted molar refractivity (Wildman–Crippen MR) is 325 cm³/mol. The SMILES string of the molecule is CC/C=C\C/C=C\C/C=C\C/C=C\C/C=C\CCCC(=O)OCC(COC(=O)CCCCCCCCCCC/C=C\CCCCCCCCCC)OC(=O)CCCCCCCCCCC/C=C\CCCCCCCC. The maximum absolute atomic E-state index is 12.9. The molecule has 0 aliphatic carbocycles. The molecular formula is C69H120O6. The summed E-state index contributed by atoms with van der Waals surface area (Å²) in [4.78, 5) is 38.3. The van der Waals surface area contributed by atoms with Gasteiger partial charge in [-0.15, -0.1) is 0 Å². The van der Waals surface area contributed by atoms with Crippen molar-refractivity contribution in [2.75, 3.05) is 13.2 Å². The second-order valence-electron chi connectivity index (χ2n) is 21.3. The zero-order chi connectivity index (χ0) is 54.3. The number of unbranched alkanes of at least 4 members (excludes halogenated alkanes) is 33. The molecule has 0 amide bonds. The third-order valence-electron chi connectivity index (χ3n) is 13.9. The first kappa shape index (κ1) is 71.6. The molecule has 0 fully saturated rings. The monoisotopic (exact) mass is 1040 g/mol. The van der Waals surface area contributed by atoms with Gasteiger partial charge in [-0.1, -0.05) is 273 Å². The highest BCUT2D eigenvalue weighted by molar-refractivity contribution is 5.71. The summed E-state index contributed by atoms with van der Waals surface area (Å²) in [5.41, 5.74) is 0. The molecule has 6 heteroatoms. The highest BCUT2D eigenvalue weighted by Crippen LogP contribution is 2.16. The minimum absolute atomic E-state index is 0.0948. The van der Waals surface area contributed by atoms with E-state index in [1.54, 1.807) is 0 Å². The van der Waals surface area contributed by atoms with E-state index in [0.717, 1.165) is 77.0 Å². The van der Waals surface area contributed by atoms with Crippen LogP contribution in [0.5, 0.6) is 0 Å². The molecule has 0 spiro atoms. The van der Waals surface area contributed by atoms with E-state index in [-0.39, 0.29) is 37.5 Å². The Morgan fingerprint density at radius 1 is 0.280 bits per heavy atom. The first-order chi connectivity index (χ1) is 37.0. The van der Waals surface area contributed by atoms with Crippen LogP contribution in [-0.4, -0.2) is 37.2 Å². The van der Waals surface area contributed by atoms with Gasteiger partial charge in [0, 0.05) is 19.3 Å². The van der Waals surface area contributed by atoms with Crippen LogP contribution in [0.25, 0.3) is 0 Å². The van der Waals surface area contributed by atoms with Crippen LogP contribution in [-0.2, 0) is 28.6 Å². The van der Waals surface area contributed by atoms with Gasteiger partial charge in [-0.3, -0.25) is 14.4 Å². The number of rotatable bonds is 58. The lowest BCUT2D eigenvalue weighted by Gasteiger charge is -2.18. The van der Waals surface area contributed by atoms with Gasteiger partial charge >= 0.3 is 17.9 Å². The van der Waals surface area contributed by atoms with E-state index in [4.69, 9.17) is 14.2 Å². The highest BCUT2D eigenvalue weighted by Gasteiger charge is 2.19. The van der Waals surface area contributed by atoms with Crippen LogP contribution >= 0.6 is 0 Å². The van der Waals surface area contributed by atoms with Gasteiger partial charge in [0.1, 0.15) is 13.2 Å². The summed E-state index contributed by atoms with van der Waals surface area (Å²) < 4.78 is 16.9. The van der Waals surface area contributed by atoms with Gasteiger partial charge in [0.05, 0.1) is 0 Å². The molecule has 0 aliphatic heterocycles. The molecule has 0 aliphatic rings. The first-order valence-corrected chi connectivity index (χ1v) is 32.1. The fraction of sp³-hybridized carbons (Fsp3) is 0.754. The number of hydrogen-bond acceptors (Lipinski definition) is 6. The molecule has 0 heterocycles. The van der Waals surface area contributed by atoms with Crippen LogP contribution in [0.2, 0.25) is 0 Å². The van der Waals surface area contributed by atoms with Gasteiger partial charge in [0.2, 0.25) is 0 Å². The van der Waals surface area contributed by atoms with Crippen LogP contribution in [0, 0.1) is 0 Å². The quantitative estimate of drug-likeness (QED) is 0.0261. The predicted octanol–water partition coefficient (Wildman–Crippen LogP) is 21.9. The average Bonchev–Trinajstić information content (AvgIpc) is 3.41. The van der Waals surface area contributed by atoms with Crippen molar-refractivity contribution in [2.24, 2.45) is 0 Å². The molecule has 0 N–H and O–H groups in total. The van der Waals surface area contributed by atoms with Crippen molar-refractivity contribution in [1.82, 2.24) is 0 Å². The summed E-state index contributed by atoms with van der Waals surface area (Å²) in [5, 5.41) is 0. The molecule has 75 heavy (non-hydrogen) atoms. The van der Waals surface area contributed by atoms with Crippen LogP contribution < -0.4 is 0 Å². The molecular weight excluding hydrogens is 925 g/mol. The lowest BCUT2D eigenvalue weighted by Crippen LogP contribution is -2.30. The Kier molecular flexibility index (Phi) is 60.3. The third kappa shape index (κ3) is 61.3. The van der Waals surface area contributed by atoms with E-state index in [9.17, 15) is 14.4 Å². The second kappa shape index (κ2) is 63.1. The van der Waals surface area contributed by atoms with Crippen molar-refractivity contribution in [3.05, 3.63) is 85.1 Å². The van der Waals surface area contributed by atoms with Crippen molar-refractivity contribution in [1.29, 1.82) is 0 Å². The van der Waals surface area contributed by atoms with E-state index in [1.807, 2.05) is 0 Å². The Balaban J connectivity index is 4.43. The van der Waals surface area contributed by atoms with Crippen molar-refractivity contribution in [3.8, 4) is 0 Å². The number of ether oxygens (including phenoxy) is 3. The third-order valence-corrected chi connectivity index (χ3v) is 13.9. The van der Waals surface area contributed by atoms with Crippen LogP contribution in [0.3, 0.4) is 0 Å². The largest absolute Gasteiger partial charge is 0.462 e. The summed E-state index contributed by atoms with van der Waals surface area (Å²) in [6.07, 6.45) is 83.1. The van der Waals surface area contributed by atoms with Crippen molar-refractivity contribution >= 4 is 17.9 Å². The van der Waals surface area contributed by atoms with Gasteiger partial charge in [-0.05, 0) is 109 Å². The van der Waals surface area contributed by atoms with E-state index >= 15 is 0 Å². The molecule has 1 unspecified atom stereocenters. The van der Waals surface area contributed by atoms with E-state index in [0.29, 0.717) is 19.3 Å². The molecule has 0 saturated heterocycles. The fourth-order valence-corrected chi connectivity index (χ4v) is 9.06. The van der Waals surface area contributed by atoms with Gasteiger partial charge in [0.15, 0.2) is 6.10 Å².